The van der Waals surface area contributed by atoms with Crippen molar-refractivity contribution < 1.29 is 9.90 Å². The number of amides is 2. The van der Waals surface area contributed by atoms with Crippen molar-refractivity contribution in [1.29, 1.82) is 0 Å². The van der Waals surface area contributed by atoms with E-state index >= 15 is 0 Å². The molecule has 0 spiro atoms. The fourth-order valence-electron chi connectivity index (χ4n) is 1.21. The van der Waals surface area contributed by atoms with Gasteiger partial charge < -0.3 is 10.4 Å². The van der Waals surface area contributed by atoms with Crippen molar-refractivity contribution in [3.8, 4) is 0 Å². The van der Waals surface area contributed by atoms with Gasteiger partial charge in [-0.15, -0.1) is 11.3 Å². The second kappa shape index (κ2) is 6.50. The summed E-state index contributed by atoms with van der Waals surface area (Å²) in [6.07, 6.45) is 0.977. The molecule has 1 heterocycles. The maximum absolute atomic E-state index is 11.4. The van der Waals surface area contributed by atoms with Crippen LogP contribution in [0.1, 0.15) is 24.6 Å². The van der Waals surface area contributed by atoms with Crippen LogP contribution in [-0.4, -0.2) is 23.8 Å². The van der Waals surface area contributed by atoms with E-state index in [-0.39, 0.29) is 12.1 Å². The lowest BCUT2D eigenvalue weighted by Gasteiger charge is -2.08. The van der Waals surface area contributed by atoms with Gasteiger partial charge in [-0.05, 0) is 31.9 Å². The molecule has 4 nitrogen and oxygen atoms in total. The van der Waals surface area contributed by atoms with Crippen LogP contribution >= 0.6 is 11.3 Å². The zero-order valence-electron chi connectivity index (χ0n) is 9.62. The van der Waals surface area contributed by atoms with Crippen molar-refractivity contribution in [2.24, 2.45) is 0 Å². The predicted octanol–water partition coefficient (Wildman–Crippen LogP) is 2.34. The number of aliphatic hydroxyl groups is 1. The highest BCUT2D eigenvalue weighted by molar-refractivity contribution is 7.16. The van der Waals surface area contributed by atoms with Gasteiger partial charge in [0, 0.05) is 11.4 Å². The number of aryl methyl sites for hydroxylation is 1. The van der Waals surface area contributed by atoms with Gasteiger partial charge in [0.15, 0.2) is 0 Å². The number of thiophene rings is 1. The monoisotopic (exact) mass is 242 g/mol. The Morgan fingerprint density at radius 3 is 2.88 bits per heavy atom. The molecule has 0 fully saturated rings. The van der Waals surface area contributed by atoms with E-state index in [9.17, 15) is 9.90 Å². The highest BCUT2D eigenvalue weighted by Crippen LogP contribution is 2.20. The smallest absolute Gasteiger partial charge is 0.319 e. The first kappa shape index (κ1) is 13.0. The minimum atomic E-state index is -0.329. The predicted molar refractivity (Wildman–Crippen MR) is 67.0 cm³/mol. The average Bonchev–Trinajstić information content (AvgIpc) is 2.63. The second-order valence-corrected chi connectivity index (χ2v) is 4.93. The molecular weight excluding hydrogens is 224 g/mol. The quantitative estimate of drug-likeness (QED) is 0.742. The molecule has 1 rings (SSSR count). The van der Waals surface area contributed by atoms with E-state index in [1.165, 1.54) is 11.3 Å². The molecule has 0 aliphatic heterocycles. The van der Waals surface area contributed by atoms with E-state index < -0.39 is 0 Å². The van der Waals surface area contributed by atoms with Crippen molar-refractivity contribution in [2.45, 2.75) is 32.8 Å². The Morgan fingerprint density at radius 1 is 1.56 bits per heavy atom. The summed E-state index contributed by atoms with van der Waals surface area (Å²) in [5.41, 5.74) is 0. The van der Waals surface area contributed by atoms with Crippen LogP contribution in [0.25, 0.3) is 0 Å². The van der Waals surface area contributed by atoms with Gasteiger partial charge in [-0.25, -0.2) is 4.79 Å². The van der Waals surface area contributed by atoms with Crippen molar-refractivity contribution in [1.82, 2.24) is 5.32 Å². The van der Waals surface area contributed by atoms with Gasteiger partial charge in [-0.3, -0.25) is 5.32 Å². The summed E-state index contributed by atoms with van der Waals surface area (Å²) in [5.74, 6) is 0. The van der Waals surface area contributed by atoms with Crippen LogP contribution in [0.3, 0.4) is 0 Å². The van der Waals surface area contributed by atoms with Gasteiger partial charge in [0.2, 0.25) is 0 Å². The number of urea groups is 1. The number of hydrogen-bond donors (Lipinski definition) is 3. The summed E-state index contributed by atoms with van der Waals surface area (Å²) < 4.78 is 0. The lowest BCUT2D eigenvalue weighted by atomic mass is 10.2. The third kappa shape index (κ3) is 4.63. The van der Waals surface area contributed by atoms with Crippen molar-refractivity contribution in [3.05, 3.63) is 17.0 Å². The zero-order valence-corrected chi connectivity index (χ0v) is 10.4. The molecule has 1 aromatic rings. The van der Waals surface area contributed by atoms with E-state index in [1.54, 1.807) is 0 Å². The fraction of sp³-hybridized carbons (Fsp3) is 0.545. The van der Waals surface area contributed by atoms with Crippen LogP contribution in [0.5, 0.6) is 0 Å². The molecule has 5 heteroatoms. The number of carbonyl (C=O) groups excluding carboxylic acids is 1. The SMILES string of the molecule is CCC(O)CCNC(=O)Nc1ccc(C)s1. The molecule has 0 aromatic carbocycles. The molecule has 90 valence electrons. The third-order valence-corrected chi connectivity index (χ3v) is 3.13. The molecule has 0 saturated carbocycles. The first-order valence-electron chi connectivity index (χ1n) is 5.41. The summed E-state index contributed by atoms with van der Waals surface area (Å²) in [6, 6.07) is 3.62. The zero-order chi connectivity index (χ0) is 12.0. The molecule has 1 atom stereocenters. The highest BCUT2D eigenvalue weighted by Gasteiger charge is 2.04. The summed E-state index contributed by atoms with van der Waals surface area (Å²) in [7, 11) is 0. The lowest BCUT2D eigenvalue weighted by Crippen LogP contribution is -2.30. The average molecular weight is 242 g/mol. The van der Waals surface area contributed by atoms with Crippen LogP contribution in [-0.2, 0) is 0 Å². The Balaban J connectivity index is 2.21. The lowest BCUT2D eigenvalue weighted by molar-refractivity contribution is 0.160. The Bertz CT molecular complexity index is 338. The molecular formula is C11H18N2O2S. The van der Waals surface area contributed by atoms with Crippen LogP contribution in [0.15, 0.2) is 12.1 Å². The molecule has 3 N–H and O–H groups in total. The number of hydrogen-bond acceptors (Lipinski definition) is 3. The van der Waals surface area contributed by atoms with Crippen LogP contribution < -0.4 is 10.6 Å². The topological polar surface area (TPSA) is 61.4 Å². The molecule has 0 aliphatic carbocycles. The molecule has 0 aliphatic rings. The van der Waals surface area contributed by atoms with Gasteiger partial charge in [0.25, 0.3) is 0 Å². The third-order valence-electron chi connectivity index (χ3n) is 2.21. The van der Waals surface area contributed by atoms with Gasteiger partial charge in [-0.2, -0.15) is 0 Å². The molecule has 1 unspecified atom stereocenters. The molecule has 1 aromatic heterocycles. The minimum absolute atomic E-state index is 0.217. The summed E-state index contributed by atoms with van der Waals surface area (Å²) in [6.45, 7) is 4.40. The van der Waals surface area contributed by atoms with Crippen LogP contribution in [0, 0.1) is 6.92 Å². The fourth-order valence-corrected chi connectivity index (χ4v) is 1.98. The molecule has 0 radical (unpaired) electrons. The van der Waals surface area contributed by atoms with Crippen LogP contribution in [0.4, 0.5) is 9.80 Å². The number of rotatable bonds is 5. The van der Waals surface area contributed by atoms with Gasteiger partial charge in [-0.1, -0.05) is 6.92 Å². The van der Waals surface area contributed by atoms with Crippen LogP contribution in [0.2, 0.25) is 0 Å². The van der Waals surface area contributed by atoms with Gasteiger partial charge >= 0.3 is 6.03 Å². The first-order valence-corrected chi connectivity index (χ1v) is 6.22. The highest BCUT2D eigenvalue weighted by atomic mass is 32.1. The Kier molecular flexibility index (Phi) is 5.28. The van der Waals surface area contributed by atoms with Crippen molar-refractivity contribution >= 4 is 22.4 Å². The Labute approximate surface area is 99.7 Å². The van der Waals surface area contributed by atoms with Crippen molar-refractivity contribution in [3.63, 3.8) is 0 Å². The van der Waals surface area contributed by atoms with Gasteiger partial charge in [0.1, 0.15) is 0 Å². The Morgan fingerprint density at radius 2 is 2.31 bits per heavy atom. The standard InChI is InChI=1S/C11H18N2O2S/c1-3-9(14)6-7-12-11(15)13-10-5-4-8(2)16-10/h4-5,9,14H,3,6-7H2,1-2H3,(H2,12,13,15). The number of anilines is 1. The van der Waals surface area contributed by atoms with Crippen molar-refractivity contribution in [2.75, 3.05) is 11.9 Å². The Hall–Kier alpha value is -1.07. The molecule has 2 amide bonds. The van der Waals surface area contributed by atoms with E-state index in [4.69, 9.17) is 0 Å². The summed E-state index contributed by atoms with van der Waals surface area (Å²) >= 11 is 1.54. The summed E-state index contributed by atoms with van der Waals surface area (Å²) in [5, 5.41) is 15.6. The van der Waals surface area contributed by atoms with Gasteiger partial charge in [0.05, 0.1) is 11.1 Å². The first-order chi connectivity index (χ1) is 7.61. The summed E-state index contributed by atoms with van der Waals surface area (Å²) in [4.78, 5) is 12.6. The molecule has 16 heavy (non-hydrogen) atoms. The van der Waals surface area contributed by atoms with E-state index in [1.807, 2.05) is 26.0 Å². The maximum atomic E-state index is 11.4. The largest absolute Gasteiger partial charge is 0.393 e. The number of aliphatic hydroxyl groups excluding tert-OH is 1. The van der Waals surface area contributed by atoms with E-state index in [2.05, 4.69) is 10.6 Å². The second-order valence-electron chi connectivity index (χ2n) is 3.64. The van der Waals surface area contributed by atoms with E-state index in [0.29, 0.717) is 19.4 Å². The molecule has 0 bridgehead atoms. The molecule has 0 saturated heterocycles. The minimum Gasteiger partial charge on any atom is -0.393 e. The maximum Gasteiger partial charge on any atom is 0.319 e. The van der Waals surface area contributed by atoms with E-state index in [0.717, 1.165) is 9.88 Å². The number of carbonyl (C=O) groups is 1. The normalized spacial score (nSPS) is 12.2. The number of nitrogens with one attached hydrogen (secondary N) is 2.